The standard InChI is InChI=1S/C25H24N4O6S2/c1-2-9-29-21-14-18(5-8-22(21)35-15-23(29)30)20-16-36-25(26-20)27-24(31)17-3-6-19(7-4-17)37(32,33)28-10-12-34-13-11-28/h2-8,14,16H,1,9-13,15H2,(H,26,27,31). The minimum Gasteiger partial charge on any atom is -0.482 e. The van der Waals surface area contributed by atoms with Gasteiger partial charge in [-0.25, -0.2) is 13.4 Å². The van der Waals surface area contributed by atoms with Crippen molar-refractivity contribution >= 4 is 44.0 Å². The minimum absolute atomic E-state index is 0.0206. The highest BCUT2D eigenvalue weighted by Crippen LogP contribution is 2.36. The Labute approximate surface area is 218 Å². The average molecular weight is 541 g/mol. The molecule has 12 heteroatoms. The quantitative estimate of drug-likeness (QED) is 0.458. The van der Waals surface area contributed by atoms with Gasteiger partial charge in [0, 0.05) is 36.1 Å². The van der Waals surface area contributed by atoms with Gasteiger partial charge in [-0.05, 0) is 42.5 Å². The molecule has 192 valence electrons. The summed E-state index contributed by atoms with van der Waals surface area (Å²) in [4.78, 5) is 31.3. The number of ether oxygens (including phenoxy) is 2. The number of carbonyl (C=O) groups excluding carboxylic acids is 2. The van der Waals surface area contributed by atoms with E-state index in [0.29, 0.717) is 60.7 Å². The van der Waals surface area contributed by atoms with Gasteiger partial charge >= 0.3 is 0 Å². The van der Waals surface area contributed by atoms with Crippen LogP contribution in [-0.4, -0.2) is 69.0 Å². The summed E-state index contributed by atoms with van der Waals surface area (Å²) in [6, 6.07) is 11.3. The molecule has 2 aromatic carbocycles. The van der Waals surface area contributed by atoms with E-state index in [0.717, 1.165) is 5.56 Å². The van der Waals surface area contributed by atoms with E-state index in [1.54, 1.807) is 22.4 Å². The number of benzene rings is 2. The number of hydrogen-bond acceptors (Lipinski definition) is 8. The fraction of sp³-hybridized carbons (Fsp3) is 0.240. The van der Waals surface area contributed by atoms with Gasteiger partial charge in [0.05, 0.1) is 29.5 Å². The molecule has 2 aliphatic rings. The van der Waals surface area contributed by atoms with Crippen LogP contribution in [0.5, 0.6) is 5.75 Å². The molecule has 1 fully saturated rings. The van der Waals surface area contributed by atoms with E-state index in [1.807, 2.05) is 12.1 Å². The van der Waals surface area contributed by atoms with Gasteiger partial charge in [-0.1, -0.05) is 6.08 Å². The van der Waals surface area contributed by atoms with Crippen LogP contribution in [-0.2, 0) is 19.6 Å². The summed E-state index contributed by atoms with van der Waals surface area (Å²) < 4.78 is 37.7. The molecule has 0 unspecified atom stereocenters. The van der Waals surface area contributed by atoms with Crippen molar-refractivity contribution < 1.29 is 27.5 Å². The second kappa shape index (κ2) is 10.4. The summed E-state index contributed by atoms with van der Waals surface area (Å²) in [6.45, 7) is 5.39. The lowest BCUT2D eigenvalue weighted by Crippen LogP contribution is -2.40. The summed E-state index contributed by atoms with van der Waals surface area (Å²) in [5.41, 5.74) is 2.34. The van der Waals surface area contributed by atoms with Crippen LogP contribution in [0.4, 0.5) is 10.8 Å². The number of hydrogen-bond donors (Lipinski definition) is 1. The Morgan fingerprint density at radius 1 is 1.16 bits per heavy atom. The number of rotatable bonds is 7. The number of nitrogens with one attached hydrogen (secondary N) is 1. The molecule has 1 N–H and O–H groups in total. The van der Waals surface area contributed by atoms with Crippen LogP contribution < -0.4 is 15.0 Å². The highest BCUT2D eigenvalue weighted by Gasteiger charge is 2.27. The molecule has 2 aliphatic heterocycles. The third-order valence-electron chi connectivity index (χ3n) is 5.96. The summed E-state index contributed by atoms with van der Waals surface area (Å²) in [5.74, 6) is 0.0467. The molecule has 0 aliphatic carbocycles. The lowest BCUT2D eigenvalue weighted by molar-refractivity contribution is -0.121. The predicted octanol–water partition coefficient (Wildman–Crippen LogP) is 2.99. The first-order chi connectivity index (χ1) is 17.9. The first-order valence-electron chi connectivity index (χ1n) is 11.5. The van der Waals surface area contributed by atoms with E-state index < -0.39 is 15.9 Å². The molecule has 0 atom stereocenters. The fourth-order valence-electron chi connectivity index (χ4n) is 4.04. The van der Waals surface area contributed by atoms with Crippen molar-refractivity contribution in [1.29, 1.82) is 0 Å². The molecule has 1 saturated heterocycles. The smallest absolute Gasteiger partial charge is 0.265 e. The Bertz CT molecular complexity index is 1450. The Morgan fingerprint density at radius 3 is 2.65 bits per heavy atom. The molecule has 3 aromatic rings. The second-order valence-electron chi connectivity index (χ2n) is 8.30. The molecule has 0 saturated carbocycles. The van der Waals surface area contributed by atoms with Crippen LogP contribution in [0.15, 0.2) is 65.4 Å². The van der Waals surface area contributed by atoms with Gasteiger partial charge in [0.1, 0.15) is 5.75 Å². The highest BCUT2D eigenvalue weighted by atomic mass is 32.2. The van der Waals surface area contributed by atoms with Crippen molar-refractivity contribution in [3.63, 3.8) is 0 Å². The minimum atomic E-state index is -3.64. The van der Waals surface area contributed by atoms with E-state index in [9.17, 15) is 18.0 Å². The van der Waals surface area contributed by atoms with Crippen molar-refractivity contribution in [2.24, 2.45) is 0 Å². The van der Waals surface area contributed by atoms with Gasteiger partial charge < -0.3 is 14.4 Å². The number of aromatic nitrogens is 1. The molecule has 0 spiro atoms. The zero-order chi connectivity index (χ0) is 26.0. The Balaban J connectivity index is 1.29. The van der Waals surface area contributed by atoms with Gasteiger partial charge in [0.15, 0.2) is 11.7 Å². The monoisotopic (exact) mass is 540 g/mol. The first kappa shape index (κ1) is 25.1. The molecule has 37 heavy (non-hydrogen) atoms. The first-order valence-corrected chi connectivity index (χ1v) is 13.8. The third-order valence-corrected chi connectivity index (χ3v) is 8.63. The number of fused-ring (bicyclic) bond motifs is 1. The van der Waals surface area contributed by atoms with E-state index in [1.165, 1.54) is 39.9 Å². The normalized spacial score (nSPS) is 16.1. The van der Waals surface area contributed by atoms with Gasteiger partial charge in [0.25, 0.3) is 11.8 Å². The Kier molecular flexibility index (Phi) is 7.07. The van der Waals surface area contributed by atoms with Crippen LogP contribution >= 0.6 is 11.3 Å². The Morgan fingerprint density at radius 2 is 1.92 bits per heavy atom. The maximum Gasteiger partial charge on any atom is 0.265 e. The number of morpholine rings is 1. The van der Waals surface area contributed by atoms with Gasteiger partial charge in [-0.3, -0.25) is 14.9 Å². The van der Waals surface area contributed by atoms with E-state index in [-0.39, 0.29) is 17.4 Å². The second-order valence-corrected chi connectivity index (χ2v) is 11.1. The van der Waals surface area contributed by atoms with Gasteiger partial charge in [-0.2, -0.15) is 4.31 Å². The summed E-state index contributed by atoms with van der Waals surface area (Å²) in [7, 11) is -3.64. The van der Waals surface area contributed by atoms with E-state index >= 15 is 0 Å². The van der Waals surface area contributed by atoms with Crippen molar-refractivity contribution in [1.82, 2.24) is 9.29 Å². The lowest BCUT2D eigenvalue weighted by atomic mass is 10.1. The molecule has 1 aromatic heterocycles. The molecule has 3 heterocycles. The summed E-state index contributed by atoms with van der Waals surface area (Å²) in [5, 5.41) is 4.95. The van der Waals surface area contributed by atoms with Crippen LogP contribution in [0.1, 0.15) is 10.4 Å². The maximum atomic E-state index is 12.8. The molecule has 0 bridgehead atoms. The summed E-state index contributed by atoms with van der Waals surface area (Å²) >= 11 is 1.26. The Hall–Kier alpha value is -3.58. The summed E-state index contributed by atoms with van der Waals surface area (Å²) in [6.07, 6.45) is 1.65. The van der Waals surface area contributed by atoms with Crippen LogP contribution in [0.25, 0.3) is 11.3 Å². The predicted molar refractivity (Wildman–Crippen MR) is 140 cm³/mol. The van der Waals surface area contributed by atoms with Gasteiger partial charge in [-0.15, -0.1) is 17.9 Å². The van der Waals surface area contributed by atoms with Crippen LogP contribution in [0, 0.1) is 0 Å². The highest BCUT2D eigenvalue weighted by molar-refractivity contribution is 7.89. The van der Waals surface area contributed by atoms with E-state index in [4.69, 9.17) is 9.47 Å². The zero-order valence-electron chi connectivity index (χ0n) is 19.8. The molecule has 2 amide bonds. The molecule has 0 radical (unpaired) electrons. The van der Waals surface area contributed by atoms with Crippen molar-refractivity contribution in [3.05, 3.63) is 66.1 Å². The molecule has 5 rings (SSSR count). The number of nitrogens with zero attached hydrogens (tertiary/aromatic N) is 3. The molecule has 10 nitrogen and oxygen atoms in total. The largest absolute Gasteiger partial charge is 0.482 e. The van der Waals surface area contributed by atoms with Crippen molar-refractivity contribution in [2.75, 3.05) is 49.7 Å². The molecular weight excluding hydrogens is 516 g/mol. The van der Waals surface area contributed by atoms with Crippen molar-refractivity contribution in [2.45, 2.75) is 4.90 Å². The SMILES string of the molecule is C=CCN1C(=O)COc2ccc(-c3csc(NC(=O)c4ccc(S(=O)(=O)N5CCOCC5)cc4)n3)cc21. The molecular formula is C25H24N4O6S2. The van der Waals surface area contributed by atoms with Gasteiger partial charge in [0.2, 0.25) is 10.0 Å². The number of sulfonamides is 1. The lowest BCUT2D eigenvalue weighted by Gasteiger charge is -2.28. The number of thiazole rings is 1. The van der Waals surface area contributed by atoms with Crippen molar-refractivity contribution in [3.8, 4) is 17.0 Å². The fourth-order valence-corrected chi connectivity index (χ4v) is 6.16. The third kappa shape index (κ3) is 5.14. The topological polar surface area (TPSA) is 118 Å². The maximum absolute atomic E-state index is 12.8. The number of anilines is 2. The van der Waals surface area contributed by atoms with Crippen LogP contribution in [0.3, 0.4) is 0 Å². The van der Waals surface area contributed by atoms with Crippen LogP contribution in [0.2, 0.25) is 0 Å². The number of carbonyl (C=O) groups is 2. The number of amides is 2. The average Bonchev–Trinajstić information content (AvgIpc) is 3.39. The zero-order valence-corrected chi connectivity index (χ0v) is 21.4. The van der Waals surface area contributed by atoms with E-state index in [2.05, 4.69) is 16.9 Å².